The van der Waals surface area contributed by atoms with Gasteiger partial charge in [-0.3, -0.25) is 14.1 Å². The molecule has 0 fully saturated rings. The van der Waals surface area contributed by atoms with Crippen LogP contribution in [0, 0.1) is 6.92 Å². The zero-order chi connectivity index (χ0) is 25.1. The van der Waals surface area contributed by atoms with Crippen LogP contribution in [0.5, 0.6) is 0 Å². The van der Waals surface area contributed by atoms with Crippen LogP contribution in [0.3, 0.4) is 0 Å². The quantitative estimate of drug-likeness (QED) is 0.407. The van der Waals surface area contributed by atoms with E-state index < -0.39 is 17.6 Å². The van der Waals surface area contributed by atoms with Gasteiger partial charge in [-0.25, -0.2) is 14.8 Å². The Kier molecular flexibility index (Phi) is 5.09. The van der Waals surface area contributed by atoms with Gasteiger partial charge in [-0.2, -0.15) is 13.2 Å². The lowest BCUT2D eigenvalue weighted by molar-refractivity contribution is -0.141. The summed E-state index contributed by atoms with van der Waals surface area (Å²) >= 11 is 0. The van der Waals surface area contributed by atoms with Crippen LogP contribution in [0.25, 0.3) is 38.8 Å². The maximum absolute atomic E-state index is 13.2. The van der Waals surface area contributed by atoms with Gasteiger partial charge in [0.1, 0.15) is 11.5 Å². The molecule has 0 atom stereocenters. The first-order chi connectivity index (χ1) is 16.6. The molecule has 0 bridgehead atoms. The molecular formula is C24H19F3N6O2. The summed E-state index contributed by atoms with van der Waals surface area (Å²) in [5.74, 6) is 0.225. The summed E-state index contributed by atoms with van der Waals surface area (Å²) in [5.41, 5.74) is 8.11. The Balaban J connectivity index is 1.81. The van der Waals surface area contributed by atoms with Crippen molar-refractivity contribution in [1.29, 1.82) is 0 Å². The van der Waals surface area contributed by atoms with Crippen LogP contribution in [0.1, 0.15) is 17.0 Å². The fourth-order valence-electron chi connectivity index (χ4n) is 4.15. The molecule has 0 aliphatic carbocycles. The number of rotatable bonds is 3. The van der Waals surface area contributed by atoms with E-state index in [1.165, 1.54) is 22.1 Å². The highest BCUT2D eigenvalue weighted by Crippen LogP contribution is 2.32. The summed E-state index contributed by atoms with van der Waals surface area (Å²) in [6, 6.07) is 9.25. The maximum Gasteiger partial charge on any atom is 0.433 e. The summed E-state index contributed by atoms with van der Waals surface area (Å²) in [6.45, 7) is 1.16. The smallest absolute Gasteiger partial charge is 0.392 e. The van der Waals surface area contributed by atoms with Crippen LogP contribution < -0.4 is 11.4 Å². The van der Waals surface area contributed by atoms with E-state index in [0.29, 0.717) is 33.1 Å². The topological polar surface area (TPSA) is 112 Å². The van der Waals surface area contributed by atoms with Crippen LogP contribution in [0.4, 0.5) is 19.0 Å². The Labute approximate surface area is 196 Å². The summed E-state index contributed by atoms with van der Waals surface area (Å²) in [6.07, 6.45) is -1.47. The van der Waals surface area contributed by atoms with E-state index in [4.69, 9.17) is 5.73 Å². The predicted octanol–water partition coefficient (Wildman–Crippen LogP) is 3.74. The Morgan fingerprint density at radius 1 is 1.06 bits per heavy atom. The number of halogens is 3. The third-order valence-electron chi connectivity index (χ3n) is 5.98. The number of pyridine rings is 3. The number of aromatic nitrogens is 5. The Bertz CT molecular complexity index is 1690. The number of fused-ring (bicyclic) bond motifs is 3. The summed E-state index contributed by atoms with van der Waals surface area (Å²) in [7, 11) is 1.57. The summed E-state index contributed by atoms with van der Waals surface area (Å²) < 4.78 is 42.2. The molecule has 0 aliphatic heterocycles. The Morgan fingerprint density at radius 2 is 1.83 bits per heavy atom. The van der Waals surface area contributed by atoms with Crippen molar-refractivity contribution >= 4 is 27.8 Å². The highest BCUT2D eigenvalue weighted by molar-refractivity contribution is 6.04. The van der Waals surface area contributed by atoms with Crippen molar-refractivity contribution in [1.82, 2.24) is 24.1 Å². The molecule has 0 spiro atoms. The zero-order valence-electron chi connectivity index (χ0n) is 18.6. The molecule has 0 saturated heterocycles. The molecule has 11 heteroatoms. The van der Waals surface area contributed by atoms with E-state index in [1.54, 1.807) is 31.6 Å². The average Bonchev–Trinajstić information content (AvgIpc) is 3.08. The summed E-state index contributed by atoms with van der Waals surface area (Å²) in [5, 5.41) is 10.2. The fraction of sp³-hybridized carbons (Fsp3) is 0.167. The second-order valence-electron chi connectivity index (χ2n) is 8.13. The van der Waals surface area contributed by atoms with Gasteiger partial charge in [0.2, 0.25) is 0 Å². The lowest BCUT2D eigenvalue weighted by Crippen LogP contribution is -2.22. The van der Waals surface area contributed by atoms with Crippen molar-refractivity contribution in [2.24, 2.45) is 7.05 Å². The number of hydrogen-bond donors (Lipinski definition) is 2. The van der Waals surface area contributed by atoms with Gasteiger partial charge >= 0.3 is 11.9 Å². The molecule has 0 saturated carbocycles. The van der Waals surface area contributed by atoms with Gasteiger partial charge < -0.3 is 10.8 Å². The number of nitrogens with two attached hydrogens (primary N) is 1. The van der Waals surface area contributed by atoms with Crippen LogP contribution in [0.2, 0.25) is 0 Å². The van der Waals surface area contributed by atoms with E-state index >= 15 is 0 Å². The molecule has 4 heterocycles. The predicted molar refractivity (Wildman–Crippen MR) is 125 cm³/mol. The highest BCUT2D eigenvalue weighted by Gasteiger charge is 2.33. The van der Waals surface area contributed by atoms with Gasteiger partial charge in [0, 0.05) is 29.8 Å². The molecule has 1 aromatic carbocycles. The first-order valence-corrected chi connectivity index (χ1v) is 10.5. The molecular weight excluding hydrogens is 461 g/mol. The number of hydrogen-bond acceptors (Lipinski definition) is 6. The van der Waals surface area contributed by atoms with Gasteiger partial charge in [0.15, 0.2) is 0 Å². The number of aryl methyl sites for hydroxylation is 2. The molecule has 3 N–H and O–H groups in total. The van der Waals surface area contributed by atoms with Crippen LogP contribution in [0.15, 0.2) is 53.6 Å². The van der Waals surface area contributed by atoms with Crippen molar-refractivity contribution in [2.45, 2.75) is 19.7 Å². The number of aliphatic hydroxyl groups is 1. The average molecular weight is 480 g/mol. The van der Waals surface area contributed by atoms with Gasteiger partial charge in [-0.15, -0.1) is 0 Å². The molecule has 0 unspecified atom stereocenters. The van der Waals surface area contributed by atoms with Crippen LogP contribution in [-0.4, -0.2) is 29.2 Å². The first-order valence-electron chi connectivity index (χ1n) is 10.5. The number of benzene rings is 1. The number of nitrogens with zero attached hydrogens (tertiary/aromatic N) is 5. The summed E-state index contributed by atoms with van der Waals surface area (Å²) in [4.78, 5) is 25.5. The van der Waals surface area contributed by atoms with Crippen molar-refractivity contribution in [3.8, 4) is 16.8 Å². The number of nitrogen functional groups attached to an aromatic ring is 1. The lowest BCUT2D eigenvalue weighted by Gasteiger charge is -2.12. The standard InChI is InChI=1S/C24H19F3N6O2/c1-12-18(5-6-20(31-12)24(25,26)27)33-21-16-8-13(14-7-15(11-34)22(28)30-9-14)3-4-17(16)29-10-19(21)32(2)23(33)35/h3-10,34H,11H2,1-2H3,(H2,28,30). The number of anilines is 1. The number of alkyl halides is 3. The first kappa shape index (κ1) is 22.5. The number of imidazole rings is 1. The van der Waals surface area contributed by atoms with Gasteiger partial charge in [0.25, 0.3) is 0 Å². The third kappa shape index (κ3) is 3.60. The largest absolute Gasteiger partial charge is 0.433 e. The van der Waals surface area contributed by atoms with Crippen LogP contribution >= 0.6 is 0 Å². The maximum atomic E-state index is 13.2. The zero-order valence-corrected chi connectivity index (χ0v) is 18.6. The molecule has 0 aliphatic rings. The highest BCUT2D eigenvalue weighted by atomic mass is 19.4. The Morgan fingerprint density at radius 3 is 2.51 bits per heavy atom. The van der Waals surface area contributed by atoms with Crippen LogP contribution in [-0.2, 0) is 19.8 Å². The minimum absolute atomic E-state index is 0.0610. The van der Waals surface area contributed by atoms with Crippen molar-refractivity contribution < 1.29 is 18.3 Å². The van der Waals surface area contributed by atoms with E-state index in [-0.39, 0.29) is 23.8 Å². The molecule has 5 aromatic rings. The van der Waals surface area contributed by atoms with E-state index in [9.17, 15) is 23.1 Å². The molecule has 8 nitrogen and oxygen atoms in total. The fourth-order valence-corrected chi connectivity index (χ4v) is 4.15. The van der Waals surface area contributed by atoms with E-state index in [1.807, 2.05) is 12.1 Å². The second kappa shape index (κ2) is 7.91. The van der Waals surface area contributed by atoms with Crippen molar-refractivity contribution in [3.05, 3.63) is 76.2 Å². The van der Waals surface area contributed by atoms with Crippen molar-refractivity contribution in [3.63, 3.8) is 0 Å². The van der Waals surface area contributed by atoms with Gasteiger partial charge in [-0.1, -0.05) is 6.07 Å². The van der Waals surface area contributed by atoms with Gasteiger partial charge in [0.05, 0.1) is 40.7 Å². The monoisotopic (exact) mass is 480 g/mol. The molecule has 5 rings (SSSR count). The Hall–Kier alpha value is -4.25. The van der Waals surface area contributed by atoms with E-state index in [2.05, 4.69) is 15.0 Å². The minimum Gasteiger partial charge on any atom is -0.392 e. The van der Waals surface area contributed by atoms with E-state index in [0.717, 1.165) is 11.6 Å². The molecule has 178 valence electrons. The van der Waals surface area contributed by atoms with Crippen molar-refractivity contribution in [2.75, 3.05) is 5.73 Å². The molecule has 35 heavy (non-hydrogen) atoms. The lowest BCUT2D eigenvalue weighted by atomic mass is 10.0. The normalized spacial score (nSPS) is 12.1. The minimum atomic E-state index is -4.60. The molecule has 4 aromatic heterocycles. The SMILES string of the molecule is Cc1nc(C(F)(F)F)ccc1-n1c(=O)n(C)c2cnc3ccc(-c4cnc(N)c(CO)c4)cc3c21. The third-order valence-corrected chi connectivity index (χ3v) is 5.98. The molecule has 0 radical (unpaired) electrons. The number of aliphatic hydroxyl groups excluding tert-OH is 1. The second-order valence-corrected chi connectivity index (χ2v) is 8.13. The van der Waals surface area contributed by atoms with Gasteiger partial charge in [-0.05, 0) is 42.8 Å². The molecule has 0 amide bonds.